The molecule has 3 nitrogen and oxygen atoms in total. The van der Waals surface area contributed by atoms with Gasteiger partial charge in [0.2, 0.25) is 0 Å². The molecule has 0 atom stereocenters. The predicted octanol–water partition coefficient (Wildman–Crippen LogP) is 4.62. The van der Waals surface area contributed by atoms with Gasteiger partial charge in [-0.25, -0.2) is 0 Å². The molecule has 7 heteroatoms. The number of aromatic nitrogens is 1. The third-order valence-electron chi connectivity index (χ3n) is 2.12. The van der Waals surface area contributed by atoms with Crippen LogP contribution in [0.4, 0.5) is 11.4 Å². The Morgan fingerprint density at radius 3 is 2.21 bits per heavy atom. The van der Waals surface area contributed by atoms with Crippen LogP contribution in [0.15, 0.2) is 42.7 Å². The summed E-state index contributed by atoms with van der Waals surface area (Å²) >= 11 is 16.9. The summed E-state index contributed by atoms with van der Waals surface area (Å²) in [6.45, 7) is 0. The van der Waals surface area contributed by atoms with Crippen LogP contribution in [0.1, 0.15) is 0 Å². The molecule has 0 radical (unpaired) electrons. The van der Waals surface area contributed by atoms with E-state index in [9.17, 15) is 0 Å². The Kier molecular flexibility index (Phi) is 6.31. The van der Waals surface area contributed by atoms with Crippen LogP contribution in [-0.2, 0) is 0 Å². The van der Waals surface area contributed by atoms with E-state index in [1.807, 2.05) is 12.1 Å². The standard InChI is InChI=1S/C12H9Cl2N3S.ClH/c13-10-2-1-9(7-11(10)14)17-12(18)16-8-3-5-15-6-4-8;/h1-7H,(H2,15,16,17,18);1H. The Bertz CT molecular complexity index is 563. The molecule has 2 aromatic rings. The van der Waals surface area contributed by atoms with Crippen molar-refractivity contribution in [2.75, 3.05) is 10.6 Å². The van der Waals surface area contributed by atoms with Crippen LogP contribution >= 0.6 is 47.8 Å². The first-order chi connectivity index (χ1) is 8.65. The quantitative estimate of drug-likeness (QED) is 0.786. The van der Waals surface area contributed by atoms with Crippen molar-refractivity contribution in [1.82, 2.24) is 4.98 Å². The molecule has 0 aliphatic heterocycles. The first kappa shape index (κ1) is 16.0. The maximum Gasteiger partial charge on any atom is 0.175 e. The Hall–Kier alpha value is -1.07. The lowest BCUT2D eigenvalue weighted by atomic mass is 10.3. The van der Waals surface area contributed by atoms with Gasteiger partial charge < -0.3 is 10.6 Å². The maximum absolute atomic E-state index is 5.91. The zero-order valence-electron chi connectivity index (χ0n) is 9.56. The van der Waals surface area contributed by atoms with Gasteiger partial charge in [-0.15, -0.1) is 12.4 Å². The molecule has 0 saturated carbocycles. The van der Waals surface area contributed by atoms with E-state index in [0.717, 1.165) is 11.4 Å². The average molecular weight is 335 g/mol. The monoisotopic (exact) mass is 333 g/mol. The summed E-state index contributed by atoms with van der Waals surface area (Å²) in [5.74, 6) is 0. The third-order valence-corrected chi connectivity index (χ3v) is 3.06. The van der Waals surface area contributed by atoms with E-state index in [2.05, 4.69) is 15.6 Å². The van der Waals surface area contributed by atoms with E-state index >= 15 is 0 Å². The minimum absolute atomic E-state index is 0. The summed E-state index contributed by atoms with van der Waals surface area (Å²) in [5.41, 5.74) is 1.64. The van der Waals surface area contributed by atoms with Gasteiger partial charge in [-0.2, -0.15) is 0 Å². The molecule has 0 bridgehead atoms. The summed E-state index contributed by atoms with van der Waals surface area (Å²) < 4.78 is 0. The molecule has 100 valence electrons. The number of benzene rings is 1. The number of halogens is 3. The van der Waals surface area contributed by atoms with Crippen LogP contribution in [0, 0.1) is 0 Å². The van der Waals surface area contributed by atoms with E-state index < -0.39 is 0 Å². The molecule has 1 aromatic carbocycles. The van der Waals surface area contributed by atoms with Crippen molar-refractivity contribution in [2.45, 2.75) is 0 Å². The molecule has 0 aliphatic carbocycles. The predicted molar refractivity (Wildman–Crippen MR) is 87.8 cm³/mol. The molecule has 0 unspecified atom stereocenters. The van der Waals surface area contributed by atoms with E-state index in [-0.39, 0.29) is 12.4 Å². The number of rotatable bonds is 2. The van der Waals surface area contributed by atoms with E-state index in [0.29, 0.717) is 15.2 Å². The van der Waals surface area contributed by atoms with Gasteiger partial charge in [0.05, 0.1) is 10.0 Å². The van der Waals surface area contributed by atoms with Crippen LogP contribution < -0.4 is 10.6 Å². The molecule has 0 saturated heterocycles. The van der Waals surface area contributed by atoms with Gasteiger partial charge in [0, 0.05) is 23.8 Å². The lowest BCUT2D eigenvalue weighted by Gasteiger charge is -2.10. The Morgan fingerprint density at radius 2 is 1.58 bits per heavy atom. The minimum atomic E-state index is 0. The topological polar surface area (TPSA) is 37.0 Å². The van der Waals surface area contributed by atoms with Crippen molar-refractivity contribution in [3.8, 4) is 0 Å². The molecule has 0 amide bonds. The molecule has 2 N–H and O–H groups in total. The van der Waals surface area contributed by atoms with Gasteiger partial charge in [0.25, 0.3) is 0 Å². The smallest absolute Gasteiger partial charge is 0.175 e. The molecule has 19 heavy (non-hydrogen) atoms. The second-order valence-corrected chi connectivity index (χ2v) is 4.67. The normalized spacial score (nSPS) is 9.37. The largest absolute Gasteiger partial charge is 0.332 e. The highest BCUT2D eigenvalue weighted by Gasteiger charge is 2.02. The highest BCUT2D eigenvalue weighted by Crippen LogP contribution is 2.25. The van der Waals surface area contributed by atoms with Gasteiger partial charge in [0.1, 0.15) is 0 Å². The average Bonchev–Trinajstić information content (AvgIpc) is 2.35. The number of nitrogens with one attached hydrogen (secondary N) is 2. The second kappa shape index (κ2) is 7.50. The number of thiocarbonyl (C=S) groups is 1. The molecule has 0 aliphatic rings. The molecule has 1 heterocycles. The van der Waals surface area contributed by atoms with Crippen LogP contribution in [-0.4, -0.2) is 10.1 Å². The fourth-order valence-corrected chi connectivity index (χ4v) is 1.84. The van der Waals surface area contributed by atoms with Crippen molar-refractivity contribution in [3.63, 3.8) is 0 Å². The summed E-state index contributed by atoms with van der Waals surface area (Å²) in [5, 5.41) is 7.51. The zero-order valence-corrected chi connectivity index (χ0v) is 12.7. The Morgan fingerprint density at radius 1 is 0.947 bits per heavy atom. The maximum atomic E-state index is 5.91. The Balaban J connectivity index is 0.00000180. The van der Waals surface area contributed by atoms with Crippen molar-refractivity contribution in [1.29, 1.82) is 0 Å². The summed E-state index contributed by atoms with van der Waals surface area (Å²) in [6.07, 6.45) is 3.37. The molecule has 1 aromatic heterocycles. The zero-order chi connectivity index (χ0) is 13.0. The lowest BCUT2D eigenvalue weighted by molar-refractivity contribution is 1.33. The first-order valence-corrected chi connectivity index (χ1v) is 6.24. The molecule has 2 rings (SSSR count). The molecular formula is C12H10Cl3N3S. The van der Waals surface area contributed by atoms with Gasteiger partial charge in [-0.05, 0) is 42.5 Å². The molecule has 0 fully saturated rings. The Labute approximate surface area is 132 Å². The molecule has 0 spiro atoms. The second-order valence-electron chi connectivity index (χ2n) is 3.44. The number of pyridine rings is 1. The minimum Gasteiger partial charge on any atom is -0.332 e. The third kappa shape index (κ3) is 4.84. The summed E-state index contributed by atoms with van der Waals surface area (Å²) in [7, 11) is 0. The van der Waals surface area contributed by atoms with E-state index in [1.54, 1.807) is 30.6 Å². The highest BCUT2D eigenvalue weighted by atomic mass is 35.5. The van der Waals surface area contributed by atoms with Crippen molar-refractivity contribution in [2.24, 2.45) is 0 Å². The van der Waals surface area contributed by atoms with Crippen molar-refractivity contribution in [3.05, 3.63) is 52.8 Å². The van der Waals surface area contributed by atoms with Crippen LogP contribution in [0.3, 0.4) is 0 Å². The fraction of sp³-hybridized carbons (Fsp3) is 0. The summed E-state index contributed by atoms with van der Waals surface area (Å²) in [4.78, 5) is 3.92. The molecular weight excluding hydrogens is 325 g/mol. The number of hydrogen-bond donors (Lipinski definition) is 2. The van der Waals surface area contributed by atoms with Gasteiger partial charge in [-0.1, -0.05) is 23.2 Å². The van der Waals surface area contributed by atoms with E-state index in [1.165, 1.54) is 0 Å². The fourth-order valence-electron chi connectivity index (χ4n) is 1.30. The number of hydrogen-bond acceptors (Lipinski definition) is 2. The van der Waals surface area contributed by atoms with E-state index in [4.69, 9.17) is 35.4 Å². The van der Waals surface area contributed by atoms with Gasteiger partial charge >= 0.3 is 0 Å². The highest BCUT2D eigenvalue weighted by molar-refractivity contribution is 7.80. The van der Waals surface area contributed by atoms with Crippen molar-refractivity contribution < 1.29 is 0 Å². The van der Waals surface area contributed by atoms with Crippen LogP contribution in [0.2, 0.25) is 10.0 Å². The number of anilines is 2. The van der Waals surface area contributed by atoms with Crippen molar-refractivity contribution >= 4 is 64.3 Å². The van der Waals surface area contributed by atoms with Gasteiger partial charge in [0.15, 0.2) is 5.11 Å². The summed E-state index contributed by atoms with van der Waals surface area (Å²) in [6, 6.07) is 8.87. The number of nitrogens with zero attached hydrogens (tertiary/aromatic N) is 1. The van der Waals surface area contributed by atoms with Gasteiger partial charge in [-0.3, -0.25) is 4.98 Å². The lowest BCUT2D eigenvalue weighted by Crippen LogP contribution is -2.18. The SMILES string of the molecule is Cl.S=C(Nc1ccncc1)Nc1ccc(Cl)c(Cl)c1. The first-order valence-electron chi connectivity index (χ1n) is 5.08. The van der Waals surface area contributed by atoms with Crippen LogP contribution in [0.25, 0.3) is 0 Å². The van der Waals surface area contributed by atoms with Crippen LogP contribution in [0.5, 0.6) is 0 Å².